The van der Waals surface area contributed by atoms with Crippen LogP contribution in [0.5, 0.6) is 0 Å². The molecule has 2 aliphatic rings. The molecule has 2 aromatic rings. The molecule has 2 fully saturated rings. The average molecular weight is 448 g/mol. The van der Waals surface area contributed by atoms with Crippen LogP contribution in [0, 0.1) is 13.8 Å². The molecule has 0 bridgehead atoms. The summed E-state index contributed by atoms with van der Waals surface area (Å²) in [6.07, 6.45) is 0. The van der Waals surface area contributed by atoms with Crippen molar-refractivity contribution in [2.45, 2.75) is 91.6 Å². The van der Waals surface area contributed by atoms with Gasteiger partial charge in [-0.05, 0) is 92.3 Å². The first-order valence-electron chi connectivity index (χ1n) is 10.5. The fourth-order valence-corrected chi connectivity index (χ4v) is 4.76. The van der Waals surface area contributed by atoms with Gasteiger partial charge in [0.15, 0.2) is 0 Å². The van der Waals surface area contributed by atoms with Crippen molar-refractivity contribution in [3.63, 3.8) is 0 Å². The lowest BCUT2D eigenvalue weighted by atomic mass is 9.87. The average Bonchev–Trinajstić information content (AvgIpc) is 3.29. The molecule has 2 aromatic heterocycles. The molecular formula is C22H34B2O4S2. The van der Waals surface area contributed by atoms with E-state index in [2.05, 4.69) is 92.8 Å². The van der Waals surface area contributed by atoms with E-state index in [1.807, 2.05) is 0 Å². The zero-order valence-electron chi connectivity index (χ0n) is 19.9. The van der Waals surface area contributed by atoms with E-state index in [4.69, 9.17) is 18.6 Å². The van der Waals surface area contributed by atoms with Crippen molar-refractivity contribution in [2.75, 3.05) is 0 Å². The quantitative estimate of drug-likeness (QED) is 0.624. The number of thiophene rings is 2. The molecule has 0 spiro atoms. The Balaban J connectivity index is 0.000000171. The van der Waals surface area contributed by atoms with Crippen molar-refractivity contribution < 1.29 is 18.6 Å². The van der Waals surface area contributed by atoms with Crippen molar-refractivity contribution in [2.24, 2.45) is 0 Å². The van der Waals surface area contributed by atoms with E-state index in [0.717, 1.165) is 9.55 Å². The summed E-state index contributed by atoms with van der Waals surface area (Å²) >= 11 is 3.43. The molecule has 0 amide bonds. The molecule has 8 heteroatoms. The molecular weight excluding hydrogens is 414 g/mol. The molecule has 0 aromatic carbocycles. The van der Waals surface area contributed by atoms with Gasteiger partial charge in [-0.2, -0.15) is 11.3 Å². The van der Waals surface area contributed by atoms with Gasteiger partial charge in [0.2, 0.25) is 0 Å². The molecule has 4 rings (SSSR count). The van der Waals surface area contributed by atoms with Gasteiger partial charge in [-0.15, -0.1) is 11.3 Å². The largest absolute Gasteiger partial charge is 0.505 e. The molecule has 0 aliphatic carbocycles. The van der Waals surface area contributed by atoms with Gasteiger partial charge >= 0.3 is 14.2 Å². The summed E-state index contributed by atoms with van der Waals surface area (Å²) in [5.74, 6) is 0. The minimum absolute atomic E-state index is 0.200. The number of hydrogen-bond donors (Lipinski definition) is 0. The number of aryl methyl sites for hydroxylation is 2. The predicted molar refractivity (Wildman–Crippen MR) is 130 cm³/mol. The van der Waals surface area contributed by atoms with E-state index < -0.39 is 0 Å². The predicted octanol–water partition coefficient (Wildman–Crippen LogP) is 4.71. The third-order valence-electron chi connectivity index (χ3n) is 6.48. The van der Waals surface area contributed by atoms with Crippen molar-refractivity contribution in [1.82, 2.24) is 0 Å². The Bertz CT molecular complexity index is 781. The zero-order chi connectivity index (χ0) is 22.5. The summed E-state index contributed by atoms with van der Waals surface area (Å²) in [6.45, 7) is 20.8. The maximum absolute atomic E-state index is 5.95. The second-order valence-electron chi connectivity index (χ2n) is 10.2. The van der Waals surface area contributed by atoms with Gasteiger partial charge in [0.05, 0.1) is 22.4 Å². The summed E-state index contributed by atoms with van der Waals surface area (Å²) in [5.41, 5.74) is 0.306. The minimum Gasteiger partial charge on any atom is -0.399 e. The van der Waals surface area contributed by atoms with Crippen LogP contribution in [-0.2, 0) is 18.6 Å². The highest BCUT2D eigenvalue weighted by Crippen LogP contribution is 2.37. The van der Waals surface area contributed by atoms with E-state index in [1.54, 1.807) is 22.7 Å². The van der Waals surface area contributed by atoms with Gasteiger partial charge in [-0.1, -0.05) is 6.07 Å². The van der Waals surface area contributed by atoms with Crippen LogP contribution in [0.2, 0.25) is 0 Å². The van der Waals surface area contributed by atoms with Crippen LogP contribution < -0.4 is 9.55 Å². The Hall–Kier alpha value is -0.630. The lowest BCUT2D eigenvalue weighted by Crippen LogP contribution is -2.41. The Kier molecular flexibility index (Phi) is 6.45. The highest BCUT2D eigenvalue weighted by Gasteiger charge is 2.53. The monoisotopic (exact) mass is 448 g/mol. The van der Waals surface area contributed by atoms with Gasteiger partial charge in [-0.3, -0.25) is 0 Å². The van der Waals surface area contributed by atoms with Gasteiger partial charge in [0.1, 0.15) is 0 Å². The fraction of sp³-hybridized carbons (Fsp3) is 0.636. The van der Waals surface area contributed by atoms with E-state index >= 15 is 0 Å². The molecule has 2 aliphatic heterocycles. The Labute approximate surface area is 190 Å². The first-order valence-corrected chi connectivity index (χ1v) is 12.2. The number of hydrogen-bond acceptors (Lipinski definition) is 6. The Morgan fingerprint density at radius 1 is 0.667 bits per heavy atom. The van der Waals surface area contributed by atoms with E-state index in [0.29, 0.717) is 0 Å². The van der Waals surface area contributed by atoms with Gasteiger partial charge in [-0.25, -0.2) is 0 Å². The SMILES string of the molecule is Cc1ccc(B2OC(C)(C)C(C)(C)O2)s1.Cc1csc(B2OC(C)(C)C(C)(C)O2)c1. The fourth-order valence-electron chi connectivity index (χ4n) is 3.08. The van der Waals surface area contributed by atoms with Crippen LogP contribution in [0.25, 0.3) is 0 Å². The van der Waals surface area contributed by atoms with Crippen LogP contribution in [0.15, 0.2) is 23.6 Å². The highest BCUT2D eigenvalue weighted by molar-refractivity contribution is 7.22. The van der Waals surface area contributed by atoms with Crippen molar-refractivity contribution in [3.8, 4) is 0 Å². The van der Waals surface area contributed by atoms with E-state index in [-0.39, 0.29) is 36.6 Å². The lowest BCUT2D eigenvalue weighted by molar-refractivity contribution is 0.00578. The molecule has 0 N–H and O–H groups in total. The van der Waals surface area contributed by atoms with Crippen molar-refractivity contribution >= 4 is 46.5 Å². The summed E-state index contributed by atoms with van der Waals surface area (Å²) < 4.78 is 26.1. The van der Waals surface area contributed by atoms with E-state index in [9.17, 15) is 0 Å². The zero-order valence-corrected chi connectivity index (χ0v) is 21.5. The second-order valence-corrected chi connectivity index (χ2v) is 12.4. The topological polar surface area (TPSA) is 36.9 Å². The molecule has 164 valence electrons. The molecule has 4 nitrogen and oxygen atoms in total. The summed E-state index contributed by atoms with van der Waals surface area (Å²) in [6, 6.07) is 6.32. The summed E-state index contributed by atoms with van der Waals surface area (Å²) in [7, 11) is -0.401. The van der Waals surface area contributed by atoms with Crippen LogP contribution in [0.4, 0.5) is 0 Å². The summed E-state index contributed by atoms with van der Waals surface area (Å²) in [4.78, 5) is 1.29. The lowest BCUT2D eigenvalue weighted by Gasteiger charge is -2.32. The Morgan fingerprint density at radius 2 is 1.10 bits per heavy atom. The normalized spacial score (nSPS) is 23.4. The molecule has 0 radical (unpaired) electrons. The molecule has 0 atom stereocenters. The summed E-state index contributed by atoms with van der Waals surface area (Å²) in [5, 5.41) is 2.13. The van der Waals surface area contributed by atoms with Crippen LogP contribution in [0.1, 0.15) is 65.8 Å². The van der Waals surface area contributed by atoms with Crippen molar-refractivity contribution in [3.05, 3.63) is 34.0 Å². The maximum atomic E-state index is 5.95. The Morgan fingerprint density at radius 3 is 1.43 bits per heavy atom. The molecule has 2 saturated heterocycles. The van der Waals surface area contributed by atoms with E-state index in [1.165, 1.54) is 10.4 Å². The molecule has 4 heterocycles. The van der Waals surface area contributed by atoms with Gasteiger partial charge in [0, 0.05) is 14.4 Å². The first-order chi connectivity index (χ1) is 13.6. The van der Waals surface area contributed by atoms with Crippen LogP contribution in [-0.4, -0.2) is 36.6 Å². The van der Waals surface area contributed by atoms with Crippen LogP contribution >= 0.6 is 22.7 Å². The van der Waals surface area contributed by atoms with Gasteiger partial charge < -0.3 is 18.6 Å². The van der Waals surface area contributed by atoms with Crippen molar-refractivity contribution in [1.29, 1.82) is 0 Å². The standard InChI is InChI=1S/2C11H17BO2S/c1-8-6-9(15-7-8)12-13-10(2,3)11(4,5)14-12;1-8-6-7-9(15-8)12-13-10(2,3)11(4,5)14-12/h2*6-7H,1-5H3. The smallest absolute Gasteiger partial charge is 0.399 e. The first kappa shape index (κ1) is 24.0. The maximum Gasteiger partial charge on any atom is 0.505 e. The third kappa shape index (κ3) is 4.74. The second kappa shape index (κ2) is 8.05. The highest BCUT2D eigenvalue weighted by atomic mass is 32.1. The molecule has 0 unspecified atom stereocenters. The number of rotatable bonds is 2. The van der Waals surface area contributed by atoms with Gasteiger partial charge in [0.25, 0.3) is 0 Å². The third-order valence-corrected chi connectivity index (χ3v) is 8.58. The minimum atomic E-state index is -0.241. The van der Waals surface area contributed by atoms with Crippen LogP contribution in [0.3, 0.4) is 0 Å². The molecule has 30 heavy (non-hydrogen) atoms. The molecule has 0 saturated carbocycles.